The van der Waals surface area contributed by atoms with E-state index in [0.29, 0.717) is 25.3 Å². The van der Waals surface area contributed by atoms with Crippen LogP contribution < -0.4 is 0 Å². The van der Waals surface area contributed by atoms with Crippen molar-refractivity contribution in [3.63, 3.8) is 0 Å². The molecule has 0 aromatic heterocycles. The highest BCUT2D eigenvalue weighted by atomic mass is 19.1. The van der Waals surface area contributed by atoms with E-state index in [-0.39, 0.29) is 24.1 Å². The minimum atomic E-state index is -0.373. The van der Waals surface area contributed by atoms with E-state index in [1.54, 1.807) is 11.8 Å². The fourth-order valence-corrected chi connectivity index (χ4v) is 2.96. The molecular weight excluding hydrogens is 321 g/mol. The molecule has 1 aromatic rings. The molecule has 0 fully saturated rings. The van der Waals surface area contributed by atoms with E-state index in [9.17, 15) is 14.0 Å². The Morgan fingerprint density at radius 2 is 1.92 bits per heavy atom. The summed E-state index contributed by atoms with van der Waals surface area (Å²) in [7, 11) is 0. The monoisotopic (exact) mass is 347 g/mol. The first kappa shape index (κ1) is 19.2. The molecule has 0 heterocycles. The van der Waals surface area contributed by atoms with Crippen LogP contribution in [0, 0.1) is 5.82 Å². The molecule has 1 aliphatic carbocycles. The summed E-state index contributed by atoms with van der Waals surface area (Å²) in [6.45, 7) is 2.95. The van der Waals surface area contributed by atoms with Gasteiger partial charge in [-0.25, -0.2) is 4.39 Å². The minimum Gasteiger partial charge on any atom is -0.466 e. The van der Waals surface area contributed by atoms with Gasteiger partial charge in [-0.2, -0.15) is 0 Å². The van der Waals surface area contributed by atoms with Gasteiger partial charge in [0.25, 0.3) is 5.91 Å². The van der Waals surface area contributed by atoms with Gasteiger partial charge in [0.05, 0.1) is 13.0 Å². The molecule has 136 valence electrons. The van der Waals surface area contributed by atoms with E-state index in [2.05, 4.69) is 6.08 Å². The zero-order valence-electron chi connectivity index (χ0n) is 14.8. The highest BCUT2D eigenvalue weighted by Crippen LogP contribution is 2.21. The number of amides is 1. The van der Waals surface area contributed by atoms with Gasteiger partial charge >= 0.3 is 5.97 Å². The van der Waals surface area contributed by atoms with Crippen LogP contribution in [0.5, 0.6) is 0 Å². The zero-order valence-corrected chi connectivity index (χ0v) is 14.8. The van der Waals surface area contributed by atoms with Gasteiger partial charge in [-0.15, -0.1) is 0 Å². The third-order valence-corrected chi connectivity index (χ3v) is 4.36. The molecule has 0 saturated carbocycles. The molecule has 0 N–H and O–H groups in total. The summed E-state index contributed by atoms with van der Waals surface area (Å²) in [6.07, 6.45) is 7.84. The molecule has 1 amide bonds. The van der Waals surface area contributed by atoms with Crippen LogP contribution in [0.25, 0.3) is 0 Å². The van der Waals surface area contributed by atoms with Crippen LogP contribution >= 0.6 is 0 Å². The Balaban J connectivity index is 2.01. The standard InChI is InChI=1S/C20H26FNO3/c1-2-25-19(23)13-15-22(14-12-16-6-4-3-5-7-16)20(24)17-8-10-18(21)11-9-17/h6,8-11H,2-5,7,12-15H2,1H3. The van der Waals surface area contributed by atoms with E-state index >= 15 is 0 Å². The van der Waals surface area contributed by atoms with Crippen LogP contribution in [0.4, 0.5) is 4.39 Å². The molecule has 5 heteroatoms. The van der Waals surface area contributed by atoms with Crippen molar-refractivity contribution in [2.45, 2.75) is 45.4 Å². The molecule has 2 rings (SSSR count). The van der Waals surface area contributed by atoms with Gasteiger partial charge in [-0.1, -0.05) is 11.6 Å². The predicted molar refractivity (Wildman–Crippen MR) is 94.7 cm³/mol. The maximum atomic E-state index is 13.1. The number of ether oxygens (including phenoxy) is 1. The molecule has 25 heavy (non-hydrogen) atoms. The van der Waals surface area contributed by atoms with Gasteiger partial charge in [0.15, 0.2) is 0 Å². The predicted octanol–water partition coefficient (Wildman–Crippen LogP) is 4.11. The Labute approximate surface area is 148 Å². The Morgan fingerprint density at radius 3 is 2.56 bits per heavy atom. The van der Waals surface area contributed by atoms with Crippen LogP contribution in [0.1, 0.15) is 55.8 Å². The summed E-state index contributed by atoms with van der Waals surface area (Å²) < 4.78 is 18.0. The molecular formula is C20H26FNO3. The van der Waals surface area contributed by atoms with Crippen molar-refractivity contribution in [2.24, 2.45) is 0 Å². The Morgan fingerprint density at radius 1 is 1.16 bits per heavy atom. The van der Waals surface area contributed by atoms with Gasteiger partial charge in [0, 0.05) is 18.7 Å². The number of carbonyl (C=O) groups is 2. The molecule has 0 spiro atoms. The third-order valence-electron chi connectivity index (χ3n) is 4.36. The van der Waals surface area contributed by atoms with Crippen molar-refractivity contribution in [3.8, 4) is 0 Å². The van der Waals surface area contributed by atoms with Crippen molar-refractivity contribution in [1.29, 1.82) is 0 Å². The highest BCUT2D eigenvalue weighted by Gasteiger charge is 2.18. The molecule has 0 saturated heterocycles. The number of hydrogen-bond acceptors (Lipinski definition) is 3. The van der Waals surface area contributed by atoms with Crippen molar-refractivity contribution in [2.75, 3.05) is 19.7 Å². The summed E-state index contributed by atoms with van der Waals surface area (Å²) >= 11 is 0. The molecule has 1 aromatic carbocycles. The summed E-state index contributed by atoms with van der Waals surface area (Å²) in [4.78, 5) is 26.0. The molecule has 4 nitrogen and oxygen atoms in total. The van der Waals surface area contributed by atoms with Crippen molar-refractivity contribution < 1.29 is 18.7 Å². The molecule has 1 aliphatic rings. The van der Waals surface area contributed by atoms with E-state index < -0.39 is 0 Å². The number of allylic oxidation sites excluding steroid dienone is 1. The van der Waals surface area contributed by atoms with Crippen LogP contribution in [0.2, 0.25) is 0 Å². The Bertz CT molecular complexity index is 610. The highest BCUT2D eigenvalue weighted by molar-refractivity contribution is 5.94. The maximum absolute atomic E-state index is 13.1. The number of benzene rings is 1. The van der Waals surface area contributed by atoms with Gasteiger partial charge in [-0.05, 0) is 63.3 Å². The first-order valence-electron chi connectivity index (χ1n) is 8.98. The number of esters is 1. The molecule has 0 atom stereocenters. The summed E-state index contributed by atoms with van der Waals surface area (Å²) in [5, 5.41) is 0. The minimum absolute atomic E-state index is 0.166. The van der Waals surface area contributed by atoms with Crippen LogP contribution in [0.15, 0.2) is 35.9 Å². The van der Waals surface area contributed by atoms with Crippen LogP contribution in [-0.4, -0.2) is 36.5 Å². The Hall–Kier alpha value is -2.17. The fourth-order valence-electron chi connectivity index (χ4n) is 2.96. The Kier molecular flexibility index (Phi) is 7.64. The second-order valence-corrected chi connectivity index (χ2v) is 6.21. The first-order chi connectivity index (χ1) is 12.1. The van der Waals surface area contributed by atoms with Crippen molar-refractivity contribution in [1.82, 2.24) is 4.90 Å². The molecule has 0 unspecified atom stereocenters. The smallest absolute Gasteiger partial charge is 0.307 e. The maximum Gasteiger partial charge on any atom is 0.307 e. The van der Waals surface area contributed by atoms with E-state index in [1.165, 1.54) is 42.7 Å². The van der Waals surface area contributed by atoms with E-state index in [1.807, 2.05) is 0 Å². The van der Waals surface area contributed by atoms with Gasteiger partial charge in [0.2, 0.25) is 0 Å². The van der Waals surface area contributed by atoms with Crippen LogP contribution in [-0.2, 0) is 9.53 Å². The molecule has 0 aliphatic heterocycles. The third kappa shape index (κ3) is 6.33. The first-order valence-corrected chi connectivity index (χ1v) is 8.98. The lowest BCUT2D eigenvalue weighted by atomic mass is 9.97. The average molecular weight is 347 g/mol. The SMILES string of the molecule is CCOC(=O)CCN(CCC1=CCCCC1)C(=O)c1ccc(F)cc1. The molecule has 0 radical (unpaired) electrons. The van der Waals surface area contributed by atoms with E-state index in [4.69, 9.17) is 4.74 Å². The quantitative estimate of drug-likeness (QED) is 0.525. The van der Waals surface area contributed by atoms with Crippen molar-refractivity contribution in [3.05, 3.63) is 47.3 Å². The lowest BCUT2D eigenvalue weighted by molar-refractivity contribution is -0.143. The summed E-state index contributed by atoms with van der Waals surface area (Å²) in [6, 6.07) is 5.52. The van der Waals surface area contributed by atoms with Gasteiger partial charge in [0.1, 0.15) is 5.82 Å². The zero-order chi connectivity index (χ0) is 18.1. The topological polar surface area (TPSA) is 46.6 Å². The van der Waals surface area contributed by atoms with E-state index in [0.717, 1.165) is 19.3 Å². The number of carbonyl (C=O) groups excluding carboxylic acids is 2. The number of hydrogen-bond donors (Lipinski definition) is 0. The number of nitrogens with zero attached hydrogens (tertiary/aromatic N) is 1. The van der Waals surface area contributed by atoms with Gasteiger partial charge < -0.3 is 9.64 Å². The summed E-state index contributed by atoms with van der Waals surface area (Å²) in [5.41, 5.74) is 1.81. The average Bonchev–Trinajstić information content (AvgIpc) is 2.63. The summed E-state index contributed by atoms with van der Waals surface area (Å²) in [5.74, 6) is -0.862. The number of rotatable bonds is 8. The number of halogens is 1. The van der Waals surface area contributed by atoms with Crippen molar-refractivity contribution >= 4 is 11.9 Å². The lowest BCUT2D eigenvalue weighted by Gasteiger charge is -2.24. The van der Waals surface area contributed by atoms with Gasteiger partial charge in [-0.3, -0.25) is 9.59 Å². The second kappa shape index (κ2) is 9.97. The fraction of sp³-hybridized carbons (Fsp3) is 0.500. The normalized spacial score (nSPS) is 13.9. The van der Waals surface area contributed by atoms with Crippen LogP contribution in [0.3, 0.4) is 0 Å². The molecule has 0 bridgehead atoms. The second-order valence-electron chi connectivity index (χ2n) is 6.21. The lowest BCUT2D eigenvalue weighted by Crippen LogP contribution is -2.34. The largest absolute Gasteiger partial charge is 0.466 e.